The highest BCUT2D eigenvalue weighted by atomic mass is 16.5. The third-order valence-electron chi connectivity index (χ3n) is 5.37. The third kappa shape index (κ3) is 7.79. The molecule has 194 valence electrons. The predicted molar refractivity (Wildman–Crippen MR) is 139 cm³/mol. The smallest absolute Gasteiger partial charge is 0.338 e. The van der Waals surface area contributed by atoms with Crippen LogP contribution >= 0.6 is 0 Å². The van der Waals surface area contributed by atoms with E-state index in [0.29, 0.717) is 35.0 Å². The summed E-state index contributed by atoms with van der Waals surface area (Å²) in [5.41, 5.74) is 4.47. The van der Waals surface area contributed by atoms with E-state index < -0.39 is 23.8 Å². The van der Waals surface area contributed by atoms with Gasteiger partial charge in [-0.25, -0.2) is 10.2 Å². The Morgan fingerprint density at radius 1 is 1.05 bits per heavy atom. The van der Waals surface area contributed by atoms with Gasteiger partial charge in [0.15, 0.2) is 6.61 Å². The van der Waals surface area contributed by atoms with Crippen molar-refractivity contribution in [3.05, 3.63) is 77.6 Å². The summed E-state index contributed by atoms with van der Waals surface area (Å²) in [6.07, 6.45) is 1.36. The molecular formula is C28H31N3O6. The van der Waals surface area contributed by atoms with Crippen LogP contribution in [0.2, 0.25) is 0 Å². The number of nitrogens with one attached hydrogen (secondary N) is 2. The number of amides is 2. The fraction of sp³-hybridized carbons (Fsp3) is 0.286. The summed E-state index contributed by atoms with van der Waals surface area (Å²) < 4.78 is 16.4. The highest BCUT2D eigenvalue weighted by molar-refractivity contribution is 5.91. The van der Waals surface area contributed by atoms with E-state index in [1.54, 1.807) is 43.3 Å². The minimum atomic E-state index is -0.803. The van der Waals surface area contributed by atoms with Crippen LogP contribution in [0.3, 0.4) is 0 Å². The van der Waals surface area contributed by atoms with Gasteiger partial charge in [-0.2, -0.15) is 5.10 Å². The number of esters is 1. The van der Waals surface area contributed by atoms with Gasteiger partial charge in [0.05, 0.1) is 18.4 Å². The second kappa shape index (κ2) is 13.1. The number of carbonyl (C=O) groups excluding carboxylic acids is 3. The first kappa shape index (κ1) is 27.2. The number of hydrogen-bond donors (Lipinski definition) is 2. The molecule has 37 heavy (non-hydrogen) atoms. The minimum absolute atomic E-state index is 0.181. The molecule has 0 aliphatic carbocycles. The second-order valence-electron chi connectivity index (χ2n) is 8.58. The minimum Gasteiger partial charge on any atom is -0.484 e. The molecule has 9 nitrogen and oxygen atoms in total. The van der Waals surface area contributed by atoms with Crippen LogP contribution in [0, 0.1) is 12.8 Å². The number of carbonyl (C=O) groups is 3. The van der Waals surface area contributed by atoms with Gasteiger partial charge in [0, 0.05) is 5.56 Å². The Morgan fingerprint density at radius 2 is 1.84 bits per heavy atom. The van der Waals surface area contributed by atoms with E-state index in [-0.39, 0.29) is 12.5 Å². The number of benzene rings is 2. The molecule has 0 spiro atoms. The molecule has 1 atom stereocenters. The van der Waals surface area contributed by atoms with Gasteiger partial charge in [-0.1, -0.05) is 44.2 Å². The molecule has 3 aromatic rings. The number of hydrazone groups is 1. The number of ether oxygens (including phenoxy) is 2. The number of furan rings is 1. The summed E-state index contributed by atoms with van der Waals surface area (Å²) >= 11 is 0. The molecule has 0 aliphatic rings. The van der Waals surface area contributed by atoms with Crippen molar-refractivity contribution in [2.24, 2.45) is 11.0 Å². The van der Waals surface area contributed by atoms with Crippen molar-refractivity contribution < 1.29 is 28.3 Å². The number of nitrogens with zero attached hydrogens (tertiary/aromatic N) is 1. The van der Waals surface area contributed by atoms with Crippen LogP contribution in [-0.2, 0) is 14.3 Å². The molecule has 2 N–H and O–H groups in total. The SMILES string of the molecule is CCOC(=O)c1cccc(-c2ccc(/C=N\NC(=O)[C@H](NC(=O)COc3ccccc3C)C(C)C)o2)c1. The Bertz CT molecular complexity index is 1260. The Balaban J connectivity index is 1.56. The van der Waals surface area contributed by atoms with E-state index in [4.69, 9.17) is 13.9 Å². The quantitative estimate of drug-likeness (QED) is 0.230. The number of hydrogen-bond acceptors (Lipinski definition) is 7. The maximum Gasteiger partial charge on any atom is 0.338 e. The zero-order chi connectivity index (χ0) is 26.8. The molecule has 1 aromatic heterocycles. The molecular weight excluding hydrogens is 474 g/mol. The molecule has 0 saturated carbocycles. The fourth-order valence-corrected chi connectivity index (χ4v) is 3.43. The number of rotatable bonds is 11. The van der Waals surface area contributed by atoms with E-state index in [9.17, 15) is 14.4 Å². The Morgan fingerprint density at radius 3 is 2.57 bits per heavy atom. The van der Waals surface area contributed by atoms with Crippen molar-refractivity contribution in [3.63, 3.8) is 0 Å². The van der Waals surface area contributed by atoms with Crippen LogP contribution in [0.4, 0.5) is 0 Å². The van der Waals surface area contributed by atoms with Crippen molar-refractivity contribution in [2.75, 3.05) is 13.2 Å². The van der Waals surface area contributed by atoms with Gasteiger partial charge in [0.25, 0.3) is 11.8 Å². The van der Waals surface area contributed by atoms with Crippen molar-refractivity contribution in [2.45, 2.75) is 33.7 Å². The first-order valence-corrected chi connectivity index (χ1v) is 12.0. The van der Waals surface area contributed by atoms with Gasteiger partial charge >= 0.3 is 5.97 Å². The van der Waals surface area contributed by atoms with E-state index in [0.717, 1.165) is 5.56 Å². The molecule has 9 heteroatoms. The van der Waals surface area contributed by atoms with E-state index in [2.05, 4.69) is 15.8 Å². The van der Waals surface area contributed by atoms with Gasteiger partial charge in [0.2, 0.25) is 0 Å². The lowest BCUT2D eigenvalue weighted by Gasteiger charge is -2.20. The van der Waals surface area contributed by atoms with Gasteiger partial charge in [-0.3, -0.25) is 9.59 Å². The Hall–Kier alpha value is -4.40. The van der Waals surface area contributed by atoms with Crippen LogP contribution in [0.1, 0.15) is 42.5 Å². The maximum atomic E-state index is 12.7. The van der Waals surface area contributed by atoms with Crippen LogP contribution in [0.15, 0.2) is 70.2 Å². The zero-order valence-corrected chi connectivity index (χ0v) is 21.3. The molecule has 0 radical (unpaired) electrons. The lowest BCUT2D eigenvalue weighted by molar-refractivity contribution is -0.131. The molecule has 0 bridgehead atoms. The summed E-state index contributed by atoms with van der Waals surface area (Å²) in [5.74, 6) is 0.0615. The molecule has 2 amide bonds. The summed E-state index contributed by atoms with van der Waals surface area (Å²) in [6.45, 7) is 7.35. The summed E-state index contributed by atoms with van der Waals surface area (Å²) in [7, 11) is 0. The molecule has 0 unspecified atom stereocenters. The summed E-state index contributed by atoms with van der Waals surface area (Å²) in [6, 6.07) is 16.9. The predicted octanol–water partition coefficient (Wildman–Crippen LogP) is 4.10. The Labute approximate surface area is 215 Å². The highest BCUT2D eigenvalue weighted by Gasteiger charge is 2.24. The second-order valence-corrected chi connectivity index (χ2v) is 8.58. The Kier molecular flexibility index (Phi) is 9.60. The molecule has 1 heterocycles. The van der Waals surface area contributed by atoms with E-state index in [1.807, 2.05) is 45.0 Å². The monoisotopic (exact) mass is 505 g/mol. The van der Waals surface area contributed by atoms with Crippen LogP contribution in [-0.4, -0.2) is 43.3 Å². The molecule has 3 rings (SSSR count). The largest absolute Gasteiger partial charge is 0.484 e. The summed E-state index contributed by atoms with van der Waals surface area (Å²) in [5, 5.41) is 6.65. The number of aryl methyl sites for hydroxylation is 1. The number of para-hydroxylation sites is 1. The first-order chi connectivity index (χ1) is 17.8. The van der Waals surface area contributed by atoms with Crippen molar-refractivity contribution in [1.29, 1.82) is 0 Å². The van der Waals surface area contributed by atoms with Gasteiger partial charge in [-0.05, 0) is 55.7 Å². The van der Waals surface area contributed by atoms with Crippen LogP contribution in [0.25, 0.3) is 11.3 Å². The zero-order valence-electron chi connectivity index (χ0n) is 21.3. The normalized spacial score (nSPS) is 11.8. The lowest BCUT2D eigenvalue weighted by Crippen LogP contribution is -2.49. The van der Waals surface area contributed by atoms with Gasteiger partial charge in [0.1, 0.15) is 23.3 Å². The maximum absolute atomic E-state index is 12.7. The average molecular weight is 506 g/mol. The topological polar surface area (TPSA) is 119 Å². The van der Waals surface area contributed by atoms with E-state index in [1.165, 1.54) is 6.21 Å². The van der Waals surface area contributed by atoms with Crippen LogP contribution < -0.4 is 15.5 Å². The fourth-order valence-electron chi connectivity index (χ4n) is 3.43. The van der Waals surface area contributed by atoms with Gasteiger partial charge < -0.3 is 19.2 Å². The van der Waals surface area contributed by atoms with E-state index >= 15 is 0 Å². The highest BCUT2D eigenvalue weighted by Crippen LogP contribution is 2.23. The first-order valence-electron chi connectivity index (χ1n) is 12.0. The van der Waals surface area contributed by atoms with Crippen molar-refractivity contribution in [1.82, 2.24) is 10.7 Å². The molecule has 0 aliphatic heterocycles. The van der Waals surface area contributed by atoms with Crippen LogP contribution in [0.5, 0.6) is 5.75 Å². The standard InChI is InChI=1S/C28H31N3O6/c1-5-35-28(34)21-11-8-10-20(15-21)24-14-13-22(37-24)16-29-31-27(33)26(18(2)3)30-25(32)17-36-23-12-7-6-9-19(23)4/h6-16,18,26H,5,17H2,1-4H3,(H,30,32)(H,31,33)/b29-16-/t26-/m1/s1. The van der Waals surface area contributed by atoms with Crippen molar-refractivity contribution in [3.8, 4) is 17.1 Å². The summed E-state index contributed by atoms with van der Waals surface area (Å²) in [4.78, 5) is 37.0. The van der Waals surface area contributed by atoms with Gasteiger partial charge in [-0.15, -0.1) is 0 Å². The lowest BCUT2D eigenvalue weighted by atomic mass is 10.0. The molecule has 0 fully saturated rings. The average Bonchev–Trinajstić information content (AvgIpc) is 3.36. The molecule has 0 saturated heterocycles. The third-order valence-corrected chi connectivity index (χ3v) is 5.37. The molecule has 2 aromatic carbocycles. The van der Waals surface area contributed by atoms with Crippen molar-refractivity contribution >= 4 is 24.0 Å².